The number of pyridine rings is 1. The van der Waals surface area contributed by atoms with Crippen LogP contribution in [0.5, 0.6) is 0 Å². The lowest BCUT2D eigenvalue weighted by Crippen LogP contribution is -2.22. The molecular weight excluding hydrogens is 212 g/mol. The van der Waals surface area contributed by atoms with Gasteiger partial charge in [-0.15, -0.1) is 0 Å². The standard InChI is InChI=1S/C11H13ClN2O/c1-7(8-2-3-8)11(15)14-10-6-13-5-4-9(10)12/h4-8H,2-3H2,1H3,(H,14,15). The van der Waals surface area contributed by atoms with Crippen molar-refractivity contribution in [2.24, 2.45) is 11.8 Å². The molecule has 15 heavy (non-hydrogen) atoms. The van der Waals surface area contributed by atoms with Crippen LogP contribution in [0, 0.1) is 11.8 Å². The number of anilines is 1. The van der Waals surface area contributed by atoms with Gasteiger partial charge in [0.2, 0.25) is 5.91 Å². The number of hydrogen-bond acceptors (Lipinski definition) is 2. The van der Waals surface area contributed by atoms with Crippen molar-refractivity contribution in [3.05, 3.63) is 23.5 Å². The number of amides is 1. The van der Waals surface area contributed by atoms with Gasteiger partial charge in [0.1, 0.15) is 0 Å². The number of rotatable bonds is 3. The molecule has 0 bridgehead atoms. The molecule has 0 aromatic carbocycles. The summed E-state index contributed by atoms with van der Waals surface area (Å²) >= 11 is 5.91. The zero-order valence-corrected chi connectivity index (χ0v) is 9.29. The molecular formula is C11H13ClN2O. The van der Waals surface area contributed by atoms with Gasteiger partial charge in [0.25, 0.3) is 0 Å². The van der Waals surface area contributed by atoms with Gasteiger partial charge in [0, 0.05) is 12.1 Å². The summed E-state index contributed by atoms with van der Waals surface area (Å²) < 4.78 is 0. The molecule has 1 atom stereocenters. The molecule has 1 amide bonds. The maximum atomic E-state index is 11.7. The molecule has 1 aromatic rings. The quantitative estimate of drug-likeness (QED) is 0.858. The summed E-state index contributed by atoms with van der Waals surface area (Å²) in [7, 11) is 0. The number of hydrogen-bond donors (Lipinski definition) is 1. The zero-order chi connectivity index (χ0) is 10.8. The Kier molecular flexibility index (Phi) is 2.91. The lowest BCUT2D eigenvalue weighted by atomic mass is 10.1. The van der Waals surface area contributed by atoms with Crippen molar-refractivity contribution in [2.45, 2.75) is 19.8 Å². The average Bonchev–Trinajstić information content (AvgIpc) is 3.04. The van der Waals surface area contributed by atoms with Gasteiger partial charge in [-0.05, 0) is 24.8 Å². The molecule has 1 unspecified atom stereocenters. The molecule has 1 N–H and O–H groups in total. The first kappa shape index (κ1) is 10.4. The summed E-state index contributed by atoms with van der Waals surface area (Å²) in [6.45, 7) is 1.96. The van der Waals surface area contributed by atoms with Crippen molar-refractivity contribution in [3.8, 4) is 0 Å². The van der Waals surface area contributed by atoms with Crippen LogP contribution in [0.2, 0.25) is 5.02 Å². The minimum atomic E-state index is 0.0346. The van der Waals surface area contributed by atoms with E-state index < -0.39 is 0 Å². The highest BCUT2D eigenvalue weighted by atomic mass is 35.5. The SMILES string of the molecule is CC(C(=O)Nc1cnccc1Cl)C1CC1. The Bertz CT molecular complexity index is 377. The minimum Gasteiger partial charge on any atom is -0.323 e. The van der Waals surface area contributed by atoms with Crippen molar-refractivity contribution in [2.75, 3.05) is 5.32 Å². The monoisotopic (exact) mass is 224 g/mol. The highest BCUT2D eigenvalue weighted by Crippen LogP contribution is 2.37. The van der Waals surface area contributed by atoms with Crippen molar-refractivity contribution in [1.82, 2.24) is 4.98 Å². The first-order valence-corrected chi connectivity index (χ1v) is 5.46. The smallest absolute Gasteiger partial charge is 0.227 e. The average molecular weight is 225 g/mol. The fraction of sp³-hybridized carbons (Fsp3) is 0.455. The van der Waals surface area contributed by atoms with Crippen LogP contribution in [0.25, 0.3) is 0 Å². The molecule has 0 saturated heterocycles. The third kappa shape index (κ3) is 2.48. The van der Waals surface area contributed by atoms with Crippen molar-refractivity contribution in [3.63, 3.8) is 0 Å². The highest BCUT2D eigenvalue weighted by Gasteiger charge is 2.32. The highest BCUT2D eigenvalue weighted by molar-refractivity contribution is 6.33. The lowest BCUT2D eigenvalue weighted by molar-refractivity contribution is -0.119. The van der Waals surface area contributed by atoms with Gasteiger partial charge in [-0.3, -0.25) is 9.78 Å². The zero-order valence-electron chi connectivity index (χ0n) is 8.53. The van der Waals surface area contributed by atoms with Crippen LogP contribution < -0.4 is 5.32 Å². The van der Waals surface area contributed by atoms with Gasteiger partial charge in [-0.25, -0.2) is 0 Å². The third-order valence-corrected chi connectivity index (χ3v) is 3.10. The molecule has 0 aliphatic heterocycles. The molecule has 1 aliphatic carbocycles. The number of nitrogens with zero attached hydrogens (tertiary/aromatic N) is 1. The van der Waals surface area contributed by atoms with E-state index in [1.165, 1.54) is 0 Å². The lowest BCUT2D eigenvalue weighted by Gasteiger charge is -2.11. The van der Waals surface area contributed by atoms with Crippen LogP contribution >= 0.6 is 11.6 Å². The minimum absolute atomic E-state index is 0.0346. The van der Waals surface area contributed by atoms with Crippen molar-refractivity contribution >= 4 is 23.2 Å². The number of carbonyl (C=O) groups is 1. The first-order valence-electron chi connectivity index (χ1n) is 5.09. The maximum absolute atomic E-state index is 11.7. The molecule has 4 heteroatoms. The fourth-order valence-corrected chi connectivity index (χ4v) is 1.68. The Morgan fingerprint density at radius 2 is 2.40 bits per heavy atom. The maximum Gasteiger partial charge on any atom is 0.227 e. The molecule has 1 aromatic heterocycles. The van der Waals surface area contributed by atoms with E-state index in [1.54, 1.807) is 18.5 Å². The summed E-state index contributed by atoms with van der Waals surface area (Å²) in [5.41, 5.74) is 0.594. The van der Waals surface area contributed by atoms with Crippen LogP contribution in [0.3, 0.4) is 0 Å². The summed E-state index contributed by atoms with van der Waals surface area (Å²) in [5, 5.41) is 3.33. The molecule has 1 fully saturated rings. The van der Waals surface area contributed by atoms with E-state index in [1.807, 2.05) is 6.92 Å². The summed E-state index contributed by atoms with van der Waals surface area (Å²) in [5.74, 6) is 0.661. The van der Waals surface area contributed by atoms with Gasteiger partial charge in [0.05, 0.1) is 16.9 Å². The summed E-state index contributed by atoms with van der Waals surface area (Å²) in [6, 6.07) is 1.67. The van der Waals surface area contributed by atoms with Gasteiger partial charge in [-0.2, -0.15) is 0 Å². The predicted octanol–water partition coefficient (Wildman–Crippen LogP) is 2.72. The molecule has 1 heterocycles. The Balaban J connectivity index is 2.02. The van der Waals surface area contributed by atoms with Crippen molar-refractivity contribution < 1.29 is 4.79 Å². The van der Waals surface area contributed by atoms with Gasteiger partial charge in [-0.1, -0.05) is 18.5 Å². The number of carbonyl (C=O) groups excluding carboxylic acids is 1. The largest absolute Gasteiger partial charge is 0.323 e. The summed E-state index contributed by atoms with van der Waals surface area (Å²) in [6.07, 6.45) is 5.49. The molecule has 2 rings (SSSR count). The van der Waals surface area contributed by atoms with Crippen LogP contribution in [0.1, 0.15) is 19.8 Å². The Hall–Kier alpha value is -1.09. The van der Waals surface area contributed by atoms with E-state index in [0.717, 1.165) is 12.8 Å². The Labute approximate surface area is 93.8 Å². The van der Waals surface area contributed by atoms with Crippen molar-refractivity contribution in [1.29, 1.82) is 0 Å². The molecule has 1 aliphatic rings. The normalized spacial score (nSPS) is 17.2. The first-order chi connectivity index (χ1) is 7.18. The molecule has 80 valence electrons. The second-order valence-electron chi connectivity index (χ2n) is 3.97. The third-order valence-electron chi connectivity index (χ3n) is 2.77. The van der Waals surface area contributed by atoms with E-state index in [9.17, 15) is 4.79 Å². The van der Waals surface area contributed by atoms with E-state index in [-0.39, 0.29) is 11.8 Å². The number of halogens is 1. The van der Waals surface area contributed by atoms with E-state index in [4.69, 9.17) is 11.6 Å². The van der Waals surface area contributed by atoms with Crippen LogP contribution in [-0.2, 0) is 4.79 Å². The van der Waals surface area contributed by atoms with Gasteiger partial charge in [0.15, 0.2) is 0 Å². The second-order valence-corrected chi connectivity index (χ2v) is 4.38. The Morgan fingerprint density at radius 1 is 1.67 bits per heavy atom. The second kappa shape index (κ2) is 4.19. The van der Waals surface area contributed by atoms with Gasteiger partial charge < -0.3 is 5.32 Å². The molecule has 0 spiro atoms. The summed E-state index contributed by atoms with van der Waals surface area (Å²) in [4.78, 5) is 15.7. The fourth-order valence-electron chi connectivity index (χ4n) is 1.53. The topological polar surface area (TPSA) is 42.0 Å². The van der Waals surface area contributed by atoms with E-state index in [2.05, 4.69) is 10.3 Å². The van der Waals surface area contributed by atoms with Crippen LogP contribution in [-0.4, -0.2) is 10.9 Å². The number of nitrogens with one attached hydrogen (secondary N) is 1. The predicted molar refractivity (Wildman–Crippen MR) is 59.8 cm³/mol. The molecule has 0 radical (unpaired) electrons. The van der Waals surface area contributed by atoms with Crippen LogP contribution in [0.4, 0.5) is 5.69 Å². The molecule has 3 nitrogen and oxygen atoms in total. The van der Waals surface area contributed by atoms with E-state index >= 15 is 0 Å². The Morgan fingerprint density at radius 3 is 3.00 bits per heavy atom. The molecule has 1 saturated carbocycles. The van der Waals surface area contributed by atoms with Gasteiger partial charge >= 0.3 is 0 Å². The van der Waals surface area contributed by atoms with Crippen LogP contribution in [0.15, 0.2) is 18.5 Å². The van der Waals surface area contributed by atoms with E-state index in [0.29, 0.717) is 16.6 Å². The number of aromatic nitrogens is 1.